The van der Waals surface area contributed by atoms with E-state index in [2.05, 4.69) is 24.0 Å². The zero-order chi connectivity index (χ0) is 12.1. The lowest BCUT2D eigenvalue weighted by molar-refractivity contribution is 0.278. The second kappa shape index (κ2) is 5.69. The van der Waals surface area contributed by atoms with Gasteiger partial charge in [-0.1, -0.05) is 43.7 Å². The first-order valence-electron chi connectivity index (χ1n) is 6.22. The lowest BCUT2D eigenvalue weighted by Gasteiger charge is -2.06. The number of aromatic amines is 1. The molecule has 2 rings (SSSR count). The van der Waals surface area contributed by atoms with Crippen molar-refractivity contribution < 1.29 is 5.11 Å². The van der Waals surface area contributed by atoms with Crippen LogP contribution in [0.4, 0.5) is 0 Å². The summed E-state index contributed by atoms with van der Waals surface area (Å²) in [4.78, 5) is 3.18. The van der Waals surface area contributed by atoms with Crippen LogP contribution in [0.2, 0.25) is 0 Å². The van der Waals surface area contributed by atoms with Gasteiger partial charge in [0.25, 0.3) is 0 Å². The highest BCUT2D eigenvalue weighted by atomic mass is 16.3. The molecule has 0 saturated carbocycles. The van der Waals surface area contributed by atoms with Gasteiger partial charge >= 0.3 is 0 Å². The number of rotatable bonds is 5. The van der Waals surface area contributed by atoms with Gasteiger partial charge in [0, 0.05) is 17.5 Å². The molecule has 0 bridgehead atoms. The summed E-state index contributed by atoms with van der Waals surface area (Å²) in [5.41, 5.74) is 4.59. The Bertz CT molecular complexity index is 459. The third-order valence-electron chi connectivity index (χ3n) is 3.06. The molecule has 0 saturated heterocycles. The van der Waals surface area contributed by atoms with Crippen molar-refractivity contribution in [3.05, 3.63) is 47.8 Å². The molecule has 17 heavy (non-hydrogen) atoms. The van der Waals surface area contributed by atoms with Gasteiger partial charge in [0.2, 0.25) is 0 Å². The molecule has 2 aromatic rings. The normalized spacial score (nSPS) is 10.7. The number of aliphatic hydroxyl groups is 1. The van der Waals surface area contributed by atoms with Gasteiger partial charge in [-0.25, -0.2) is 0 Å². The molecule has 0 unspecified atom stereocenters. The van der Waals surface area contributed by atoms with Crippen molar-refractivity contribution in [3.63, 3.8) is 0 Å². The van der Waals surface area contributed by atoms with Crippen LogP contribution < -0.4 is 0 Å². The minimum Gasteiger partial charge on any atom is -0.390 e. The summed E-state index contributed by atoms with van der Waals surface area (Å²) < 4.78 is 0. The molecular weight excluding hydrogens is 210 g/mol. The Morgan fingerprint density at radius 3 is 2.59 bits per heavy atom. The maximum absolute atomic E-state index is 9.39. The van der Waals surface area contributed by atoms with Crippen molar-refractivity contribution in [1.29, 1.82) is 0 Å². The first kappa shape index (κ1) is 11.9. The summed E-state index contributed by atoms with van der Waals surface area (Å²) >= 11 is 0. The van der Waals surface area contributed by atoms with Crippen LogP contribution in [0.5, 0.6) is 0 Å². The van der Waals surface area contributed by atoms with Crippen molar-refractivity contribution in [2.24, 2.45) is 0 Å². The molecule has 0 radical (unpaired) electrons. The Morgan fingerprint density at radius 1 is 1.18 bits per heavy atom. The monoisotopic (exact) mass is 229 g/mol. The number of hydrogen-bond acceptors (Lipinski definition) is 1. The molecule has 0 aliphatic carbocycles. The Hall–Kier alpha value is -1.54. The van der Waals surface area contributed by atoms with E-state index in [1.54, 1.807) is 0 Å². The predicted molar refractivity (Wildman–Crippen MR) is 70.8 cm³/mol. The Labute approximate surface area is 102 Å². The van der Waals surface area contributed by atoms with Crippen molar-refractivity contribution in [2.75, 3.05) is 0 Å². The molecule has 1 aromatic heterocycles. The number of nitrogens with one attached hydrogen (secondary N) is 1. The van der Waals surface area contributed by atoms with Gasteiger partial charge in [-0.2, -0.15) is 0 Å². The third kappa shape index (κ3) is 2.59. The largest absolute Gasteiger partial charge is 0.390 e. The number of H-pyrrole nitrogens is 1. The summed E-state index contributed by atoms with van der Waals surface area (Å²) in [6, 6.07) is 10.3. The predicted octanol–water partition coefficient (Wildman–Crippen LogP) is 3.52. The molecule has 1 heterocycles. The van der Waals surface area contributed by atoms with E-state index in [0.717, 1.165) is 12.1 Å². The summed E-state index contributed by atoms with van der Waals surface area (Å²) in [5.74, 6) is 0. The van der Waals surface area contributed by atoms with Gasteiger partial charge in [-0.3, -0.25) is 0 Å². The minimum atomic E-state index is 0.0658. The topological polar surface area (TPSA) is 36.0 Å². The maximum atomic E-state index is 9.39. The SMILES string of the molecule is CCCCc1c[nH]c(CO)c1-c1ccccc1. The number of aromatic nitrogens is 1. The average Bonchev–Trinajstić information content (AvgIpc) is 2.80. The second-order valence-electron chi connectivity index (χ2n) is 4.30. The maximum Gasteiger partial charge on any atom is 0.0837 e. The lowest BCUT2D eigenvalue weighted by Crippen LogP contribution is -1.90. The van der Waals surface area contributed by atoms with Gasteiger partial charge in [-0.15, -0.1) is 0 Å². The van der Waals surface area contributed by atoms with Gasteiger partial charge < -0.3 is 10.1 Å². The highest BCUT2D eigenvalue weighted by molar-refractivity contribution is 5.70. The van der Waals surface area contributed by atoms with Crippen LogP contribution in [-0.4, -0.2) is 10.1 Å². The van der Waals surface area contributed by atoms with Crippen molar-refractivity contribution in [3.8, 4) is 11.1 Å². The summed E-state index contributed by atoms with van der Waals surface area (Å²) in [6.45, 7) is 2.26. The number of benzene rings is 1. The smallest absolute Gasteiger partial charge is 0.0837 e. The van der Waals surface area contributed by atoms with Crippen LogP contribution in [0, 0.1) is 0 Å². The summed E-state index contributed by atoms with van der Waals surface area (Å²) in [5, 5.41) is 9.39. The number of hydrogen-bond donors (Lipinski definition) is 2. The van der Waals surface area contributed by atoms with E-state index >= 15 is 0 Å². The van der Waals surface area contributed by atoms with Crippen LogP contribution in [0.1, 0.15) is 31.0 Å². The fourth-order valence-corrected chi connectivity index (χ4v) is 2.17. The van der Waals surface area contributed by atoms with E-state index in [0.29, 0.717) is 0 Å². The lowest BCUT2D eigenvalue weighted by atomic mass is 9.98. The highest BCUT2D eigenvalue weighted by Gasteiger charge is 2.11. The molecule has 0 amide bonds. The Kier molecular flexibility index (Phi) is 3.99. The highest BCUT2D eigenvalue weighted by Crippen LogP contribution is 2.28. The summed E-state index contributed by atoms with van der Waals surface area (Å²) in [7, 11) is 0. The average molecular weight is 229 g/mol. The van der Waals surface area contributed by atoms with Crippen LogP contribution in [-0.2, 0) is 13.0 Å². The molecule has 0 aliphatic rings. The van der Waals surface area contributed by atoms with E-state index in [1.165, 1.54) is 29.5 Å². The van der Waals surface area contributed by atoms with E-state index in [-0.39, 0.29) is 6.61 Å². The molecule has 1 aromatic carbocycles. The standard InChI is InChI=1S/C15H19NO/c1-2-3-7-13-10-16-14(11-17)15(13)12-8-5-4-6-9-12/h4-6,8-10,16-17H,2-3,7,11H2,1H3. The molecule has 2 N–H and O–H groups in total. The van der Waals surface area contributed by atoms with Crippen molar-refractivity contribution >= 4 is 0 Å². The van der Waals surface area contributed by atoms with Gasteiger partial charge in [0.15, 0.2) is 0 Å². The van der Waals surface area contributed by atoms with E-state index in [4.69, 9.17) is 0 Å². The van der Waals surface area contributed by atoms with Crippen molar-refractivity contribution in [2.45, 2.75) is 32.8 Å². The van der Waals surface area contributed by atoms with Crippen LogP contribution in [0.25, 0.3) is 11.1 Å². The molecular formula is C15H19NO. The van der Waals surface area contributed by atoms with Crippen molar-refractivity contribution in [1.82, 2.24) is 4.98 Å². The Balaban J connectivity index is 2.39. The zero-order valence-corrected chi connectivity index (χ0v) is 10.2. The van der Waals surface area contributed by atoms with Gasteiger partial charge in [-0.05, 0) is 24.0 Å². The fourth-order valence-electron chi connectivity index (χ4n) is 2.17. The molecule has 0 fully saturated rings. The Morgan fingerprint density at radius 2 is 1.94 bits per heavy atom. The first-order chi connectivity index (χ1) is 8.36. The van der Waals surface area contributed by atoms with Gasteiger partial charge in [0.05, 0.1) is 6.61 Å². The van der Waals surface area contributed by atoms with E-state index < -0.39 is 0 Å². The van der Waals surface area contributed by atoms with E-state index in [1.807, 2.05) is 24.4 Å². The minimum absolute atomic E-state index is 0.0658. The molecule has 2 nitrogen and oxygen atoms in total. The van der Waals surface area contributed by atoms with Crippen LogP contribution >= 0.6 is 0 Å². The summed E-state index contributed by atoms with van der Waals surface area (Å²) in [6.07, 6.45) is 5.47. The van der Waals surface area contributed by atoms with Crippen LogP contribution in [0.15, 0.2) is 36.5 Å². The molecule has 0 atom stereocenters. The molecule has 0 spiro atoms. The molecule has 2 heteroatoms. The number of unbranched alkanes of at least 4 members (excludes halogenated alkanes) is 1. The first-order valence-corrected chi connectivity index (χ1v) is 6.22. The quantitative estimate of drug-likeness (QED) is 0.808. The van der Waals surface area contributed by atoms with Gasteiger partial charge in [0.1, 0.15) is 0 Å². The fraction of sp³-hybridized carbons (Fsp3) is 0.333. The zero-order valence-electron chi connectivity index (χ0n) is 10.2. The second-order valence-corrected chi connectivity index (χ2v) is 4.30. The van der Waals surface area contributed by atoms with Crippen LogP contribution in [0.3, 0.4) is 0 Å². The number of aliphatic hydroxyl groups excluding tert-OH is 1. The molecule has 90 valence electrons. The van der Waals surface area contributed by atoms with E-state index in [9.17, 15) is 5.11 Å². The third-order valence-corrected chi connectivity index (χ3v) is 3.06. The molecule has 0 aliphatic heterocycles. The number of aryl methyl sites for hydroxylation is 1.